The molecule has 3 nitrogen and oxygen atoms in total. The van der Waals surface area contributed by atoms with E-state index >= 15 is 0 Å². The van der Waals surface area contributed by atoms with Gasteiger partial charge in [-0.1, -0.05) is 0 Å². The van der Waals surface area contributed by atoms with E-state index in [4.69, 9.17) is 5.73 Å². The predicted molar refractivity (Wildman–Crippen MR) is 67.7 cm³/mol. The average Bonchev–Trinajstić information content (AvgIpc) is 2.77. The van der Waals surface area contributed by atoms with Gasteiger partial charge in [0, 0.05) is 37.1 Å². The van der Waals surface area contributed by atoms with Crippen molar-refractivity contribution in [1.29, 1.82) is 0 Å². The highest BCUT2D eigenvalue weighted by Gasteiger charge is 2.30. The van der Waals surface area contributed by atoms with Crippen LogP contribution in [-0.4, -0.2) is 37.1 Å². The number of fused-ring (bicyclic) bond motifs is 1. The summed E-state index contributed by atoms with van der Waals surface area (Å²) in [5, 5.41) is 0. The molecule has 2 N–H and O–H groups in total. The summed E-state index contributed by atoms with van der Waals surface area (Å²) in [6, 6.07) is 9.05. The number of hydrogen-bond donors (Lipinski definition) is 1. The van der Waals surface area contributed by atoms with E-state index in [0.29, 0.717) is 0 Å². The molecule has 0 saturated carbocycles. The lowest BCUT2D eigenvalue weighted by molar-refractivity contribution is 0.231. The van der Waals surface area contributed by atoms with E-state index < -0.39 is 0 Å². The highest BCUT2D eigenvalue weighted by molar-refractivity contribution is 5.53. The molecule has 2 heterocycles. The van der Waals surface area contributed by atoms with Gasteiger partial charge in [-0.2, -0.15) is 0 Å². The number of nitrogen functional groups attached to an aromatic ring is 1. The summed E-state index contributed by atoms with van der Waals surface area (Å²) in [7, 11) is 0. The van der Waals surface area contributed by atoms with Gasteiger partial charge in [0.05, 0.1) is 0 Å². The molecule has 0 bridgehead atoms. The Morgan fingerprint density at radius 1 is 1.06 bits per heavy atom. The van der Waals surface area contributed by atoms with Crippen molar-refractivity contribution < 1.29 is 0 Å². The van der Waals surface area contributed by atoms with Gasteiger partial charge in [0.25, 0.3) is 0 Å². The molecule has 1 aromatic rings. The van der Waals surface area contributed by atoms with Crippen LogP contribution in [0.5, 0.6) is 0 Å². The van der Waals surface area contributed by atoms with Crippen LogP contribution < -0.4 is 10.6 Å². The van der Waals surface area contributed by atoms with E-state index in [1.54, 1.807) is 0 Å². The number of benzene rings is 1. The van der Waals surface area contributed by atoms with E-state index in [2.05, 4.69) is 21.9 Å². The molecule has 3 heteroatoms. The van der Waals surface area contributed by atoms with Crippen molar-refractivity contribution >= 4 is 11.4 Å². The van der Waals surface area contributed by atoms with Crippen molar-refractivity contribution in [2.75, 3.05) is 36.8 Å². The van der Waals surface area contributed by atoms with Crippen LogP contribution in [0, 0.1) is 0 Å². The van der Waals surface area contributed by atoms with Crippen LogP contribution in [0.4, 0.5) is 11.4 Å². The summed E-state index contributed by atoms with van der Waals surface area (Å²) >= 11 is 0. The number of rotatable bonds is 1. The van der Waals surface area contributed by atoms with Gasteiger partial charge < -0.3 is 10.6 Å². The van der Waals surface area contributed by atoms with Crippen molar-refractivity contribution in [2.45, 2.75) is 18.9 Å². The van der Waals surface area contributed by atoms with Crippen LogP contribution in [0.2, 0.25) is 0 Å². The van der Waals surface area contributed by atoms with E-state index in [-0.39, 0.29) is 0 Å². The van der Waals surface area contributed by atoms with Gasteiger partial charge in [0.1, 0.15) is 0 Å². The standard InChI is InChI=1S/C13H19N3/c14-11-3-5-12(6-4-11)16-9-8-15-7-1-2-13(15)10-16/h3-6,13H,1-2,7-10,14H2/t13-/m0/s1. The molecule has 2 saturated heterocycles. The van der Waals surface area contributed by atoms with Crippen LogP contribution in [0.3, 0.4) is 0 Å². The Kier molecular flexibility index (Phi) is 2.48. The maximum atomic E-state index is 5.71. The van der Waals surface area contributed by atoms with Crippen LogP contribution in [0.15, 0.2) is 24.3 Å². The maximum Gasteiger partial charge on any atom is 0.0368 e. The van der Waals surface area contributed by atoms with E-state index in [0.717, 1.165) is 18.3 Å². The molecule has 1 aromatic carbocycles. The smallest absolute Gasteiger partial charge is 0.0368 e. The Morgan fingerprint density at radius 2 is 1.88 bits per heavy atom. The van der Waals surface area contributed by atoms with Crippen LogP contribution >= 0.6 is 0 Å². The number of nitrogens with zero attached hydrogens (tertiary/aromatic N) is 2. The summed E-state index contributed by atoms with van der Waals surface area (Å²) in [4.78, 5) is 5.12. The number of anilines is 2. The van der Waals surface area contributed by atoms with Gasteiger partial charge in [0.2, 0.25) is 0 Å². The molecule has 1 atom stereocenters. The normalized spacial score (nSPS) is 25.8. The summed E-state index contributed by atoms with van der Waals surface area (Å²) in [5.41, 5.74) is 7.89. The van der Waals surface area contributed by atoms with Crippen LogP contribution in [-0.2, 0) is 0 Å². The Bertz CT molecular complexity index is 360. The highest BCUT2D eigenvalue weighted by Crippen LogP contribution is 2.25. The Morgan fingerprint density at radius 3 is 2.69 bits per heavy atom. The number of hydrogen-bond acceptors (Lipinski definition) is 3. The quantitative estimate of drug-likeness (QED) is 0.724. The molecule has 2 fully saturated rings. The summed E-state index contributed by atoms with van der Waals surface area (Å²) in [6.07, 6.45) is 2.74. The Hall–Kier alpha value is -1.22. The third-order valence-electron chi connectivity index (χ3n) is 3.85. The largest absolute Gasteiger partial charge is 0.399 e. The van der Waals surface area contributed by atoms with Gasteiger partial charge >= 0.3 is 0 Å². The summed E-state index contributed by atoms with van der Waals surface area (Å²) < 4.78 is 0. The predicted octanol–water partition coefficient (Wildman–Crippen LogP) is 1.55. The number of piperazine rings is 1. The summed E-state index contributed by atoms with van der Waals surface area (Å²) in [6.45, 7) is 4.86. The zero-order valence-electron chi connectivity index (χ0n) is 9.60. The Balaban J connectivity index is 1.74. The molecule has 3 rings (SSSR count). The Labute approximate surface area is 96.8 Å². The lowest BCUT2D eigenvalue weighted by Gasteiger charge is -2.38. The first-order chi connectivity index (χ1) is 7.83. The highest BCUT2D eigenvalue weighted by atomic mass is 15.3. The average molecular weight is 217 g/mol. The maximum absolute atomic E-state index is 5.71. The molecule has 0 radical (unpaired) electrons. The van der Waals surface area contributed by atoms with Crippen molar-refractivity contribution in [1.82, 2.24) is 4.90 Å². The fourth-order valence-electron chi connectivity index (χ4n) is 2.91. The van der Waals surface area contributed by atoms with Gasteiger partial charge in [-0.05, 0) is 43.7 Å². The van der Waals surface area contributed by atoms with Crippen molar-refractivity contribution in [3.8, 4) is 0 Å². The minimum absolute atomic E-state index is 0.784. The van der Waals surface area contributed by atoms with Crippen molar-refractivity contribution in [3.63, 3.8) is 0 Å². The zero-order valence-corrected chi connectivity index (χ0v) is 9.60. The molecule has 0 unspecified atom stereocenters. The third kappa shape index (κ3) is 1.76. The van der Waals surface area contributed by atoms with Crippen molar-refractivity contribution in [2.24, 2.45) is 0 Å². The molecule has 86 valence electrons. The fourth-order valence-corrected chi connectivity index (χ4v) is 2.91. The van der Waals surface area contributed by atoms with Gasteiger partial charge in [-0.15, -0.1) is 0 Å². The van der Waals surface area contributed by atoms with Crippen molar-refractivity contribution in [3.05, 3.63) is 24.3 Å². The minimum atomic E-state index is 0.784. The summed E-state index contributed by atoms with van der Waals surface area (Å²) in [5.74, 6) is 0. The fraction of sp³-hybridized carbons (Fsp3) is 0.538. The lowest BCUT2D eigenvalue weighted by Crippen LogP contribution is -2.50. The molecule has 0 aromatic heterocycles. The molecule has 16 heavy (non-hydrogen) atoms. The first kappa shape index (κ1) is 9.97. The third-order valence-corrected chi connectivity index (χ3v) is 3.85. The second-order valence-corrected chi connectivity index (χ2v) is 4.87. The molecular weight excluding hydrogens is 198 g/mol. The molecule has 0 spiro atoms. The minimum Gasteiger partial charge on any atom is -0.399 e. The van der Waals surface area contributed by atoms with Gasteiger partial charge in [-0.25, -0.2) is 0 Å². The molecule has 0 amide bonds. The van der Waals surface area contributed by atoms with Crippen LogP contribution in [0.1, 0.15) is 12.8 Å². The molecule has 2 aliphatic rings. The van der Waals surface area contributed by atoms with E-state index in [1.807, 2.05) is 12.1 Å². The second-order valence-electron chi connectivity index (χ2n) is 4.87. The SMILES string of the molecule is Nc1ccc(N2CCN3CCC[C@H]3C2)cc1. The van der Waals surface area contributed by atoms with Gasteiger partial charge in [0.15, 0.2) is 0 Å². The monoisotopic (exact) mass is 217 g/mol. The van der Waals surface area contributed by atoms with Gasteiger partial charge in [-0.3, -0.25) is 4.90 Å². The lowest BCUT2D eigenvalue weighted by atomic mass is 10.1. The molecular formula is C13H19N3. The molecule has 2 aliphatic heterocycles. The first-order valence-electron chi connectivity index (χ1n) is 6.17. The first-order valence-corrected chi connectivity index (χ1v) is 6.17. The topological polar surface area (TPSA) is 32.5 Å². The second kappa shape index (κ2) is 3.98. The van der Waals surface area contributed by atoms with Crippen LogP contribution in [0.25, 0.3) is 0 Å². The van der Waals surface area contributed by atoms with E-state index in [1.165, 1.54) is 38.2 Å². The molecule has 0 aliphatic carbocycles. The zero-order chi connectivity index (χ0) is 11.0. The number of nitrogens with two attached hydrogens (primary N) is 1. The van der Waals surface area contributed by atoms with E-state index in [9.17, 15) is 0 Å².